The van der Waals surface area contributed by atoms with E-state index in [9.17, 15) is 18.0 Å². The van der Waals surface area contributed by atoms with Crippen molar-refractivity contribution in [2.75, 3.05) is 17.1 Å². The lowest BCUT2D eigenvalue weighted by Gasteiger charge is -2.33. The van der Waals surface area contributed by atoms with Gasteiger partial charge in [0.2, 0.25) is 21.8 Å². The SMILES string of the molecule is Cc1ccc(N(CC(=O)N(Cc2ccc(Cl)cc2Cl)[C@@H](C)C(=O)NC2CCCCC2)S(C)(=O)=O)cc1C. The number of hydrogen-bond acceptors (Lipinski definition) is 4. The lowest BCUT2D eigenvalue weighted by Crippen LogP contribution is -2.53. The smallest absolute Gasteiger partial charge is 0.244 e. The van der Waals surface area contributed by atoms with E-state index in [-0.39, 0.29) is 18.5 Å². The Bertz CT molecular complexity index is 1250. The van der Waals surface area contributed by atoms with Crippen molar-refractivity contribution >= 4 is 50.7 Å². The van der Waals surface area contributed by atoms with Crippen LogP contribution in [0, 0.1) is 13.8 Å². The van der Waals surface area contributed by atoms with Crippen molar-refractivity contribution in [2.24, 2.45) is 0 Å². The van der Waals surface area contributed by atoms with Crippen molar-refractivity contribution in [3.8, 4) is 0 Å². The lowest BCUT2D eigenvalue weighted by molar-refractivity contribution is -0.139. The monoisotopic (exact) mass is 567 g/mol. The number of carbonyl (C=O) groups excluding carboxylic acids is 2. The molecule has 1 atom stereocenters. The summed E-state index contributed by atoms with van der Waals surface area (Å²) in [5, 5.41) is 3.89. The predicted molar refractivity (Wildman–Crippen MR) is 150 cm³/mol. The third-order valence-electron chi connectivity index (χ3n) is 6.93. The van der Waals surface area contributed by atoms with Crippen LogP contribution in [-0.2, 0) is 26.2 Å². The molecule has 2 amide bonds. The highest BCUT2D eigenvalue weighted by molar-refractivity contribution is 7.92. The molecule has 2 aromatic rings. The van der Waals surface area contributed by atoms with E-state index in [0.717, 1.165) is 53.8 Å². The van der Waals surface area contributed by atoms with Gasteiger partial charge in [-0.3, -0.25) is 13.9 Å². The van der Waals surface area contributed by atoms with Gasteiger partial charge in [0.15, 0.2) is 0 Å². The first kappa shape index (κ1) is 29.3. The summed E-state index contributed by atoms with van der Waals surface area (Å²) in [6.45, 7) is 5.04. The van der Waals surface area contributed by atoms with E-state index < -0.39 is 28.5 Å². The molecule has 0 aromatic heterocycles. The molecule has 37 heavy (non-hydrogen) atoms. The molecule has 0 bridgehead atoms. The molecule has 0 radical (unpaired) electrons. The van der Waals surface area contributed by atoms with Gasteiger partial charge in [-0.05, 0) is 74.6 Å². The molecule has 0 saturated heterocycles. The summed E-state index contributed by atoms with van der Waals surface area (Å²) < 4.78 is 26.6. The van der Waals surface area contributed by atoms with Gasteiger partial charge in [0.1, 0.15) is 12.6 Å². The number of amides is 2. The molecule has 0 aliphatic heterocycles. The Hall–Kier alpha value is -2.29. The minimum absolute atomic E-state index is 0.0264. The summed E-state index contributed by atoms with van der Waals surface area (Å²) in [5.74, 6) is -0.789. The van der Waals surface area contributed by atoms with E-state index in [1.54, 1.807) is 37.3 Å². The minimum Gasteiger partial charge on any atom is -0.352 e. The second-order valence-electron chi connectivity index (χ2n) is 9.82. The average molecular weight is 569 g/mol. The van der Waals surface area contributed by atoms with Crippen LogP contribution in [0.1, 0.15) is 55.7 Å². The molecule has 1 fully saturated rings. The van der Waals surface area contributed by atoms with Gasteiger partial charge in [-0.2, -0.15) is 0 Å². The number of nitrogens with one attached hydrogen (secondary N) is 1. The van der Waals surface area contributed by atoms with Crippen molar-refractivity contribution in [1.82, 2.24) is 10.2 Å². The molecule has 202 valence electrons. The van der Waals surface area contributed by atoms with Gasteiger partial charge in [-0.1, -0.05) is 54.6 Å². The van der Waals surface area contributed by atoms with Gasteiger partial charge in [-0.15, -0.1) is 0 Å². The van der Waals surface area contributed by atoms with Crippen LogP contribution in [0.15, 0.2) is 36.4 Å². The highest BCUT2D eigenvalue weighted by atomic mass is 35.5. The fourth-order valence-corrected chi connectivity index (χ4v) is 5.79. The normalized spacial score (nSPS) is 15.2. The summed E-state index contributed by atoms with van der Waals surface area (Å²) in [6, 6.07) is 9.40. The summed E-state index contributed by atoms with van der Waals surface area (Å²) in [4.78, 5) is 28.3. The van der Waals surface area contributed by atoms with Crippen molar-refractivity contribution in [3.63, 3.8) is 0 Å². The minimum atomic E-state index is -3.79. The van der Waals surface area contributed by atoms with Crippen molar-refractivity contribution < 1.29 is 18.0 Å². The number of anilines is 1. The van der Waals surface area contributed by atoms with Gasteiger partial charge in [0.05, 0.1) is 11.9 Å². The molecule has 0 spiro atoms. The predicted octanol–water partition coefficient (Wildman–Crippen LogP) is 5.24. The maximum atomic E-state index is 13.7. The lowest BCUT2D eigenvalue weighted by atomic mass is 9.95. The van der Waals surface area contributed by atoms with E-state index in [2.05, 4.69) is 5.32 Å². The van der Waals surface area contributed by atoms with E-state index in [1.165, 1.54) is 4.90 Å². The third-order valence-corrected chi connectivity index (χ3v) is 8.66. The van der Waals surface area contributed by atoms with E-state index in [4.69, 9.17) is 23.2 Å². The Kier molecular flexibility index (Phi) is 9.89. The van der Waals surface area contributed by atoms with E-state index >= 15 is 0 Å². The second-order valence-corrected chi connectivity index (χ2v) is 12.6. The van der Waals surface area contributed by atoms with Crippen LogP contribution < -0.4 is 9.62 Å². The van der Waals surface area contributed by atoms with Gasteiger partial charge >= 0.3 is 0 Å². The van der Waals surface area contributed by atoms with Crippen LogP contribution in [0.2, 0.25) is 10.0 Å². The standard InChI is InChI=1S/C27H35Cl2N3O4S/c1-18-10-13-24(14-19(18)2)32(37(4,35)36)17-26(33)31(16-21-11-12-22(28)15-25(21)29)20(3)27(34)30-23-8-6-5-7-9-23/h10-15,20,23H,5-9,16-17H2,1-4H3,(H,30,34)/t20-/m0/s1. The van der Waals surface area contributed by atoms with E-state index in [0.29, 0.717) is 21.3 Å². The maximum Gasteiger partial charge on any atom is 0.244 e. The average Bonchev–Trinajstić information content (AvgIpc) is 2.83. The Morgan fingerprint density at radius 3 is 2.30 bits per heavy atom. The van der Waals surface area contributed by atoms with Crippen molar-refractivity contribution in [2.45, 2.75) is 71.5 Å². The van der Waals surface area contributed by atoms with Crippen LogP contribution in [0.4, 0.5) is 5.69 Å². The number of nitrogens with zero attached hydrogens (tertiary/aromatic N) is 2. The largest absolute Gasteiger partial charge is 0.352 e. The van der Waals surface area contributed by atoms with Gasteiger partial charge < -0.3 is 10.2 Å². The molecular formula is C27H35Cl2N3O4S. The topological polar surface area (TPSA) is 86.8 Å². The number of carbonyl (C=O) groups is 2. The Labute approximate surface area is 230 Å². The van der Waals surface area contributed by atoms with Crippen LogP contribution >= 0.6 is 23.2 Å². The fraction of sp³-hybridized carbons (Fsp3) is 0.481. The van der Waals surface area contributed by atoms with Crippen LogP contribution in [0.5, 0.6) is 0 Å². The molecule has 1 aliphatic rings. The summed E-state index contributed by atoms with van der Waals surface area (Å²) in [5.41, 5.74) is 2.91. The number of hydrogen-bond donors (Lipinski definition) is 1. The number of halogens is 2. The number of rotatable bonds is 9. The zero-order valence-corrected chi connectivity index (χ0v) is 24.1. The van der Waals surface area contributed by atoms with Crippen molar-refractivity contribution in [3.05, 3.63) is 63.1 Å². The highest BCUT2D eigenvalue weighted by Crippen LogP contribution is 2.25. The highest BCUT2D eigenvalue weighted by Gasteiger charge is 2.31. The zero-order valence-electron chi connectivity index (χ0n) is 21.8. The van der Waals surface area contributed by atoms with Crippen LogP contribution in [0.3, 0.4) is 0 Å². The molecule has 7 nitrogen and oxygen atoms in total. The molecule has 1 aliphatic carbocycles. The maximum absolute atomic E-state index is 13.7. The fourth-order valence-electron chi connectivity index (χ4n) is 4.48. The van der Waals surface area contributed by atoms with E-state index in [1.807, 2.05) is 19.9 Å². The zero-order chi connectivity index (χ0) is 27.3. The molecule has 0 unspecified atom stereocenters. The molecular weight excluding hydrogens is 533 g/mol. The molecule has 1 N–H and O–H groups in total. The van der Waals surface area contributed by atoms with Gasteiger partial charge in [0, 0.05) is 22.6 Å². The second kappa shape index (κ2) is 12.5. The molecule has 10 heteroatoms. The summed E-state index contributed by atoms with van der Waals surface area (Å²) in [6.07, 6.45) is 6.15. The van der Waals surface area contributed by atoms with Crippen LogP contribution in [0.25, 0.3) is 0 Å². The quantitative estimate of drug-likeness (QED) is 0.448. The van der Waals surface area contributed by atoms with Gasteiger partial charge in [-0.25, -0.2) is 8.42 Å². The first-order valence-electron chi connectivity index (χ1n) is 12.5. The third kappa shape index (κ3) is 7.85. The van der Waals surface area contributed by atoms with Crippen LogP contribution in [-0.4, -0.2) is 50.0 Å². The van der Waals surface area contributed by atoms with Gasteiger partial charge in [0.25, 0.3) is 0 Å². The Morgan fingerprint density at radius 2 is 1.70 bits per heavy atom. The van der Waals surface area contributed by atoms with Crippen molar-refractivity contribution in [1.29, 1.82) is 0 Å². The molecule has 2 aromatic carbocycles. The first-order valence-corrected chi connectivity index (χ1v) is 15.1. The number of sulfonamides is 1. The number of benzene rings is 2. The Morgan fingerprint density at radius 1 is 1.03 bits per heavy atom. The number of aryl methyl sites for hydroxylation is 2. The summed E-state index contributed by atoms with van der Waals surface area (Å²) in [7, 11) is -3.79. The Balaban J connectivity index is 1.91. The molecule has 0 heterocycles. The molecule has 3 rings (SSSR count). The molecule has 1 saturated carbocycles. The summed E-state index contributed by atoms with van der Waals surface area (Å²) >= 11 is 12.4. The first-order chi connectivity index (χ1) is 17.4.